The number of hydrogen-bond acceptors (Lipinski definition) is 4. The van der Waals surface area contributed by atoms with Gasteiger partial charge in [-0.3, -0.25) is 4.79 Å². The second-order valence-electron chi connectivity index (χ2n) is 3.62. The zero-order valence-electron chi connectivity index (χ0n) is 10.1. The standard InChI is InChI=1S/C12H19NO3S/c1-2-13(4-6-16-7-5-14)12(15)9-11-3-8-17-10-11/h3,8,10,14H,2,4-7,9H2,1H3. The summed E-state index contributed by atoms with van der Waals surface area (Å²) in [7, 11) is 0. The predicted octanol–water partition coefficient (Wildman–Crippen LogP) is 1.15. The smallest absolute Gasteiger partial charge is 0.227 e. The molecule has 0 saturated carbocycles. The minimum Gasteiger partial charge on any atom is -0.394 e. The Morgan fingerprint density at radius 1 is 1.53 bits per heavy atom. The lowest BCUT2D eigenvalue weighted by molar-refractivity contribution is -0.131. The molecule has 1 N–H and O–H groups in total. The van der Waals surface area contributed by atoms with Crippen LogP contribution in [0, 0.1) is 0 Å². The van der Waals surface area contributed by atoms with Gasteiger partial charge in [-0.25, -0.2) is 0 Å². The Balaban J connectivity index is 2.31. The number of hydrogen-bond donors (Lipinski definition) is 1. The van der Waals surface area contributed by atoms with Crippen LogP contribution in [0.1, 0.15) is 12.5 Å². The van der Waals surface area contributed by atoms with Gasteiger partial charge in [0.25, 0.3) is 0 Å². The average Bonchev–Trinajstić information content (AvgIpc) is 2.82. The number of rotatable bonds is 8. The van der Waals surface area contributed by atoms with Crippen LogP contribution in [0.25, 0.3) is 0 Å². The molecule has 0 spiro atoms. The van der Waals surface area contributed by atoms with Crippen molar-refractivity contribution in [1.82, 2.24) is 4.90 Å². The van der Waals surface area contributed by atoms with Crippen molar-refractivity contribution in [3.05, 3.63) is 22.4 Å². The maximum absolute atomic E-state index is 11.9. The van der Waals surface area contributed by atoms with Gasteiger partial charge in [0.05, 0.1) is 26.2 Å². The van der Waals surface area contributed by atoms with Crippen molar-refractivity contribution in [3.8, 4) is 0 Å². The normalized spacial score (nSPS) is 10.5. The fourth-order valence-electron chi connectivity index (χ4n) is 1.48. The van der Waals surface area contributed by atoms with Gasteiger partial charge < -0.3 is 14.7 Å². The number of nitrogens with zero attached hydrogens (tertiary/aromatic N) is 1. The average molecular weight is 257 g/mol. The molecule has 96 valence electrons. The molecule has 5 heteroatoms. The summed E-state index contributed by atoms with van der Waals surface area (Å²) in [6, 6.07) is 1.97. The number of thiophene rings is 1. The fourth-order valence-corrected chi connectivity index (χ4v) is 2.15. The van der Waals surface area contributed by atoms with Gasteiger partial charge in [0.2, 0.25) is 5.91 Å². The number of aliphatic hydroxyl groups excluding tert-OH is 1. The molecule has 1 aromatic heterocycles. The fraction of sp³-hybridized carbons (Fsp3) is 0.583. The largest absolute Gasteiger partial charge is 0.394 e. The number of carbonyl (C=O) groups excluding carboxylic acids is 1. The van der Waals surface area contributed by atoms with Crippen LogP contribution < -0.4 is 0 Å². The van der Waals surface area contributed by atoms with E-state index in [0.29, 0.717) is 32.7 Å². The summed E-state index contributed by atoms with van der Waals surface area (Å²) in [6.45, 7) is 4.05. The Morgan fingerprint density at radius 3 is 2.94 bits per heavy atom. The van der Waals surface area contributed by atoms with E-state index < -0.39 is 0 Å². The minimum absolute atomic E-state index is 0.0228. The van der Waals surface area contributed by atoms with Gasteiger partial charge in [-0.1, -0.05) is 0 Å². The van der Waals surface area contributed by atoms with Gasteiger partial charge in [-0.2, -0.15) is 11.3 Å². The lowest BCUT2D eigenvalue weighted by Crippen LogP contribution is -2.35. The number of aliphatic hydroxyl groups is 1. The van der Waals surface area contributed by atoms with Crippen molar-refractivity contribution < 1.29 is 14.6 Å². The van der Waals surface area contributed by atoms with Crippen LogP contribution in [0.5, 0.6) is 0 Å². The zero-order chi connectivity index (χ0) is 12.5. The van der Waals surface area contributed by atoms with Crippen molar-refractivity contribution in [2.45, 2.75) is 13.3 Å². The SMILES string of the molecule is CCN(CCOCCO)C(=O)Cc1ccsc1. The third kappa shape index (κ3) is 5.30. The summed E-state index contributed by atoms with van der Waals surface area (Å²) >= 11 is 1.60. The molecule has 0 bridgehead atoms. The lowest BCUT2D eigenvalue weighted by atomic mass is 10.2. The molecular weight excluding hydrogens is 238 g/mol. The first kappa shape index (κ1) is 14.2. The molecule has 0 unspecified atom stereocenters. The Labute approximate surface area is 106 Å². The Hall–Kier alpha value is -0.910. The Morgan fingerprint density at radius 2 is 2.35 bits per heavy atom. The number of carbonyl (C=O) groups is 1. The highest BCUT2D eigenvalue weighted by Crippen LogP contribution is 2.08. The highest BCUT2D eigenvalue weighted by atomic mass is 32.1. The summed E-state index contributed by atoms with van der Waals surface area (Å²) in [5.41, 5.74) is 1.06. The quantitative estimate of drug-likeness (QED) is 0.711. The van der Waals surface area contributed by atoms with Gasteiger partial charge in [0, 0.05) is 13.1 Å². The molecule has 0 aromatic carbocycles. The van der Waals surface area contributed by atoms with Crippen molar-refractivity contribution in [1.29, 1.82) is 0 Å². The molecule has 1 aromatic rings. The van der Waals surface area contributed by atoms with Crippen LogP contribution >= 0.6 is 11.3 Å². The third-order valence-electron chi connectivity index (χ3n) is 2.41. The van der Waals surface area contributed by atoms with Crippen LogP contribution in [-0.2, 0) is 16.0 Å². The summed E-state index contributed by atoms with van der Waals surface area (Å²) in [5.74, 6) is 0.124. The monoisotopic (exact) mass is 257 g/mol. The van der Waals surface area contributed by atoms with Crippen LogP contribution in [-0.4, -0.2) is 48.8 Å². The Bertz CT molecular complexity index is 314. The molecule has 17 heavy (non-hydrogen) atoms. The van der Waals surface area contributed by atoms with Crippen LogP contribution in [0.2, 0.25) is 0 Å². The summed E-state index contributed by atoms with van der Waals surface area (Å²) in [5, 5.41) is 12.5. The molecule has 0 aliphatic heterocycles. The predicted molar refractivity (Wildman–Crippen MR) is 68.2 cm³/mol. The first-order valence-electron chi connectivity index (χ1n) is 5.75. The molecule has 0 aliphatic carbocycles. The van der Waals surface area contributed by atoms with Crippen molar-refractivity contribution in [3.63, 3.8) is 0 Å². The zero-order valence-corrected chi connectivity index (χ0v) is 10.9. The first-order chi connectivity index (χ1) is 8.27. The molecule has 4 nitrogen and oxygen atoms in total. The van der Waals surface area contributed by atoms with E-state index in [1.54, 1.807) is 16.2 Å². The van der Waals surface area contributed by atoms with Gasteiger partial charge in [-0.15, -0.1) is 0 Å². The van der Waals surface area contributed by atoms with Crippen molar-refractivity contribution in [2.24, 2.45) is 0 Å². The van der Waals surface area contributed by atoms with E-state index in [1.165, 1.54) is 0 Å². The van der Waals surface area contributed by atoms with E-state index in [9.17, 15) is 4.79 Å². The van der Waals surface area contributed by atoms with E-state index >= 15 is 0 Å². The van der Waals surface area contributed by atoms with Crippen molar-refractivity contribution in [2.75, 3.05) is 32.9 Å². The summed E-state index contributed by atoms with van der Waals surface area (Å²) in [6.07, 6.45) is 0.456. The molecule has 0 atom stereocenters. The van der Waals surface area contributed by atoms with Gasteiger partial charge in [0.1, 0.15) is 0 Å². The summed E-state index contributed by atoms with van der Waals surface area (Å²) in [4.78, 5) is 13.7. The van der Waals surface area contributed by atoms with E-state index in [0.717, 1.165) is 5.56 Å². The maximum Gasteiger partial charge on any atom is 0.227 e. The highest BCUT2D eigenvalue weighted by molar-refractivity contribution is 7.07. The van der Waals surface area contributed by atoms with E-state index in [4.69, 9.17) is 9.84 Å². The second-order valence-corrected chi connectivity index (χ2v) is 4.40. The molecule has 1 amide bonds. The molecular formula is C12H19NO3S. The molecule has 0 radical (unpaired) electrons. The number of ether oxygens (including phenoxy) is 1. The van der Waals surface area contributed by atoms with Crippen LogP contribution in [0.15, 0.2) is 16.8 Å². The van der Waals surface area contributed by atoms with Gasteiger partial charge >= 0.3 is 0 Å². The highest BCUT2D eigenvalue weighted by Gasteiger charge is 2.12. The topological polar surface area (TPSA) is 49.8 Å². The first-order valence-corrected chi connectivity index (χ1v) is 6.69. The number of likely N-dealkylation sites (N-methyl/N-ethyl adjacent to an activating group) is 1. The van der Waals surface area contributed by atoms with Gasteiger partial charge in [-0.05, 0) is 29.3 Å². The maximum atomic E-state index is 11.9. The van der Waals surface area contributed by atoms with Crippen molar-refractivity contribution >= 4 is 17.2 Å². The minimum atomic E-state index is 0.0228. The van der Waals surface area contributed by atoms with E-state index in [2.05, 4.69) is 0 Å². The molecule has 0 fully saturated rings. The Kier molecular flexibility index (Phi) is 6.84. The van der Waals surface area contributed by atoms with Crippen LogP contribution in [0.4, 0.5) is 0 Å². The molecule has 0 aliphatic rings. The molecule has 1 heterocycles. The van der Waals surface area contributed by atoms with Gasteiger partial charge in [0.15, 0.2) is 0 Å². The number of amides is 1. The van der Waals surface area contributed by atoms with E-state index in [-0.39, 0.29) is 12.5 Å². The molecule has 1 rings (SSSR count). The summed E-state index contributed by atoms with van der Waals surface area (Å²) < 4.78 is 5.16. The second kappa shape index (κ2) is 8.22. The van der Waals surface area contributed by atoms with Crippen LogP contribution in [0.3, 0.4) is 0 Å². The lowest BCUT2D eigenvalue weighted by Gasteiger charge is -2.20. The van der Waals surface area contributed by atoms with E-state index in [1.807, 2.05) is 23.8 Å². The molecule has 0 saturated heterocycles. The third-order valence-corrected chi connectivity index (χ3v) is 3.14.